The van der Waals surface area contributed by atoms with E-state index in [1.54, 1.807) is 17.3 Å². The number of carboxylic acid groups (broad SMARTS) is 1. The number of hydrogen-bond donors (Lipinski definition) is 1. The van der Waals surface area contributed by atoms with Gasteiger partial charge in [0.25, 0.3) is 0 Å². The minimum atomic E-state index is -0.780. The molecular formula is C15H20N2O3. The quantitative estimate of drug-likeness (QED) is 0.892. The highest BCUT2D eigenvalue weighted by Gasteiger charge is 2.35. The molecule has 1 aliphatic rings. The van der Waals surface area contributed by atoms with Crippen molar-refractivity contribution < 1.29 is 14.7 Å². The number of nitrogens with zero attached hydrogens (tertiary/aromatic N) is 2. The molecule has 1 fully saturated rings. The largest absolute Gasteiger partial charge is 0.481 e. The van der Waals surface area contributed by atoms with E-state index in [0.717, 1.165) is 5.56 Å². The third-order valence-electron chi connectivity index (χ3n) is 3.95. The number of aromatic nitrogens is 1. The van der Waals surface area contributed by atoms with Crippen LogP contribution in [-0.4, -0.2) is 33.4 Å². The Morgan fingerprint density at radius 3 is 2.50 bits per heavy atom. The van der Waals surface area contributed by atoms with Crippen LogP contribution in [0.4, 0.5) is 0 Å². The van der Waals surface area contributed by atoms with Crippen LogP contribution in [-0.2, 0) is 16.1 Å². The summed E-state index contributed by atoms with van der Waals surface area (Å²) in [6, 6.07) is 3.79. The van der Waals surface area contributed by atoms with Crippen molar-refractivity contribution >= 4 is 11.9 Å². The standard InChI is InChI=1S/C15H20N2O3/c1-2-17(10-11-5-7-16-8-6-11)14(18)12-3-4-13(9-12)15(19)20/h5-8,12-13H,2-4,9-10H2,1H3,(H,19,20)/t12-,13+/m1/s1. The Hall–Kier alpha value is -1.91. The number of amides is 1. The van der Waals surface area contributed by atoms with Crippen LogP contribution >= 0.6 is 0 Å². The molecule has 0 aliphatic heterocycles. The van der Waals surface area contributed by atoms with Crippen LogP contribution in [0.15, 0.2) is 24.5 Å². The zero-order valence-corrected chi connectivity index (χ0v) is 11.7. The maximum atomic E-state index is 12.5. The summed E-state index contributed by atoms with van der Waals surface area (Å²) in [6.45, 7) is 3.14. The lowest BCUT2D eigenvalue weighted by Crippen LogP contribution is -2.35. The van der Waals surface area contributed by atoms with Gasteiger partial charge in [0.2, 0.25) is 5.91 Å². The number of hydrogen-bond acceptors (Lipinski definition) is 3. The van der Waals surface area contributed by atoms with Crippen LogP contribution in [0.1, 0.15) is 31.7 Å². The molecule has 1 heterocycles. The van der Waals surface area contributed by atoms with Crippen molar-refractivity contribution in [3.05, 3.63) is 30.1 Å². The van der Waals surface area contributed by atoms with Crippen LogP contribution in [0, 0.1) is 11.8 Å². The van der Waals surface area contributed by atoms with E-state index < -0.39 is 5.97 Å². The number of carbonyl (C=O) groups is 2. The van der Waals surface area contributed by atoms with Gasteiger partial charge >= 0.3 is 5.97 Å². The third-order valence-corrected chi connectivity index (χ3v) is 3.95. The lowest BCUT2D eigenvalue weighted by atomic mass is 10.0. The van der Waals surface area contributed by atoms with Crippen molar-refractivity contribution in [2.45, 2.75) is 32.7 Å². The van der Waals surface area contributed by atoms with Gasteiger partial charge in [-0.25, -0.2) is 0 Å². The molecule has 1 N–H and O–H groups in total. The molecule has 1 aromatic rings. The summed E-state index contributed by atoms with van der Waals surface area (Å²) in [6.07, 6.45) is 5.19. The fraction of sp³-hybridized carbons (Fsp3) is 0.533. The van der Waals surface area contributed by atoms with Gasteiger partial charge in [0.1, 0.15) is 0 Å². The summed E-state index contributed by atoms with van der Waals surface area (Å²) < 4.78 is 0. The smallest absolute Gasteiger partial charge is 0.306 e. The van der Waals surface area contributed by atoms with Gasteiger partial charge in [0.05, 0.1) is 5.92 Å². The van der Waals surface area contributed by atoms with Crippen molar-refractivity contribution in [1.82, 2.24) is 9.88 Å². The first-order valence-electron chi connectivity index (χ1n) is 7.02. The monoisotopic (exact) mass is 276 g/mol. The molecule has 5 nitrogen and oxygen atoms in total. The molecule has 1 aromatic heterocycles. The van der Waals surface area contributed by atoms with Gasteiger partial charge in [-0.15, -0.1) is 0 Å². The summed E-state index contributed by atoms with van der Waals surface area (Å²) in [5.41, 5.74) is 1.04. The van der Waals surface area contributed by atoms with Crippen molar-refractivity contribution in [3.63, 3.8) is 0 Å². The fourth-order valence-corrected chi connectivity index (χ4v) is 2.74. The maximum absolute atomic E-state index is 12.5. The number of carbonyl (C=O) groups excluding carboxylic acids is 1. The molecule has 108 valence electrons. The Bertz CT molecular complexity index is 475. The zero-order valence-electron chi connectivity index (χ0n) is 11.7. The van der Waals surface area contributed by atoms with Crippen molar-refractivity contribution in [2.75, 3.05) is 6.54 Å². The highest BCUT2D eigenvalue weighted by atomic mass is 16.4. The van der Waals surface area contributed by atoms with Crippen LogP contribution in [0.2, 0.25) is 0 Å². The predicted octanol–water partition coefficient (Wildman–Crippen LogP) is 1.93. The Kier molecular flexibility index (Phi) is 4.71. The van der Waals surface area contributed by atoms with E-state index in [2.05, 4.69) is 4.98 Å². The fourth-order valence-electron chi connectivity index (χ4n) is 2.74. The summed E-state index contributed by atoms with van der Waals surface area (Å²) in [4.78, 5) is 29.2. The van der Waals surface area contributed by atoms with Crippen molar-refractivity contribution in [1.29, 1.82) is 0 Å². The van der Waals surface area contributed by atoms with E-state index in [-0.39, 0.29) is 17.7 Å². The molecular weight excluding hydrogens is 256 g/mol. The number of aliphatic carboxylic acids is 1. The SMILES string of the molecule is CCN(Cc1ccncc1)C(=O)[C@@H]1CC[C@H](C(=O)O)C1. The Morgan fingerprint density at radius 2 is 1.95 bits per heavy atom. The second-order valence-electron chi connectivity index (χ2n) is 5.25. The molecule has 20 heavy (non-hydrogen) atoms. The number of carboxylic acids is 1. The van der Waals surface area contributed by atoms with Gasteiger partial charge in [-0.05, 0) is 43.9 Å². The van der Waals surface area contributed by atoms with Crippen LogP contribution in [0.3, 0.4) is 0 Å². The lowest BCUT2D eigenvalue weighted by molar-refractivity contribution is -0.141. The highest BCUT2D eigenvalue weighted by molar-refractivity contribution is 5.81. The van der Waals surface area contributed by atoms with E-state index in [0.29, 0.717) is 32.4 Å². The Balaban J connectivity index is 1.98. The van der Waals surface area contributed by atoms with Gasteiger partial charge in [-0.1, -0.05) is 0 Å². The average Bonchev–Trinajstić information content (AvgIpc) is 2.95. The zero-order chi connectivity index (χ0) is 14.5. The molecule has 0 spiro atoms. The van der Waals surface area contributed by atoms with Gasteiger partial charge < -0.3 is 10.0 Å². The van der Waals surface area contributed by atoms with Crippen LogP contribution < -0.4 is 0 Å². The molecule has 1 aliphatic carbocycles. The molecule has 0 saturated heterocycles. The summed E-state index contributed by atoms with van der Waals surface area (Å²) in [5.74, 6) is -1.20. The molecule has 2 atom stereocenters. The lowest BCUT2D eigenvalue weighted by Gasteiger charge is -2.24. The first-order chi connectivity index (χ1) is 9.61. The molecule has 0 unspecified atom stereocenters. The van der Waals surface area contributed by atoms with E-state index in [9.17, 15) is 9.59 Å². The van der Waals surface area contributed by atoms with Gasteiger partial charge in [-0.3, -0.25) is 14.6 Å². The third kappa shape index (κ3) is 3.35. The van der Waals surface area contributed by atoms with Gasteiger partial charge in [-0.2, -0.15) is 0 Å². The predicted molar refractivity (Wildman–Crippen MR) is 73.8 cm³/mol. The molecule has 5 heteroatoms. The summed E-state index contributed by atoms with van der Waals surface area (Å²) in [5, 5.41) is 9.01. The van der Waals surface area contributed by atoms with Gasteiger partial charge in [0.15, 0.2) is 0 Å². The van der Waals surface area contributed by atoms with E-state index in [1.807, 2.05) is 19.1 Å². The maximum Gasteiger partial charge on any atom is 0.306 e. The minimum Gasteiger partial charge on any atom is -0.481 e. The first-order valence-corrected chi connectivity index (χ1v) is 7.02. The molecule has 0 aromatic carbocycles. The normalized spacial score (nSPS) is 21.6. The van der Waals surface area contributed by atoms with Crippen molar-refractivity contribution in [2.24, 2.45) is 11.8 Å². The second kappa shape index (κ2) is 6.50. The second-order valence-corrected chi connectivity index (χ2v) is 5.25. The van der Waals surface area contributed by atoms with E-state index >= 15 is 0 Å². The Morgan fingerprint density at radius 1 is 1.30 bits per heavy atom. The first kappa shape index (κ1) is 14.5. The van der Waals surface area contributed by atoms with Crippen LogP contribution in [0.25, 0.3) is 0 Å². The van der Waals surface area contributed by atoms with E-state index in [4.69, 9.17) is 5.11 Å². The Labute approximate surface area is 118 Å². The molecule has 2 rings (SSSR count). The number of pyridine rings is 1. The van der Waals surface area contributed by atoms with Crippen LogP contribution in [0.5, 0.6) is 0 Å². The molecule has 1 amide bonds. The van der Waals surface area contributed by atoms with E-state index in [1.165, 1.54) is 0 Å². The molecule has 0 bridgehead atoms. The molecule has 0 radical (unpaired) electrons. The van der Waals surface area contributed by atoms with Crippen molar-refractivity contribution in [3.8, 4) is 0 Å². The minimum absolute atomic E-state index is 0.0769. The molecule has 1 saturated carbocycles. The average molecular weight is 276 g/mol. The highest BCUT2D eigenvalue weighted by Crippen LogP contribution is 2.32. The topological polar surface area (TPSA) is 70.5 Å². The van der Waals surface area contributed by atoms with Gasteiger partial charge in [0, 0.05) is 31.4 Å². The summed E-state index contributed by atoms with van der Waals surface area (Å²) >= 11 is 0. The number of rotatable bonds is 5. The summed E-state index contributed by atoms with van der Waals surface area (Å²) in [7, 11) is 0.